The largest absolute Gasteiger partial charge is 0.444 e. The molecule has 0 fully saturated rings. The molecule has 7 nitrogen and oxygen atoms in total. The van der Waals surface area contributed by atoms with E-state index in [-0.39, 0.29) is 30.0 Å². The van der Waals surface area contributed by atoms with E-state index in [9.17, 15) is 4.79 Å². The van der Waals surface area contributed by atoms with E-state index in [1.165, 1.54) is 0 Å². The molecule has 0 radical (unpaired) electrons. The smallest absolute Gasteiger partial charge is 0.408 e. The van der Waals surface area contributed by atoms with Crippen molar-refractivity contribution in [1.29, 1.82) is 0 Å². The van der Waals surface area contributed by atoms with Gasteiger partial charge in [-0.05, 0) is 46.1 Å². The number of aliphatic imine (C=N–C) groups is 1. The van der Waals surface area contributed by atoms with E-state index < -0.39 is 11.7 Å². The second-order valence-electron chi connectivity index (χ2n) is 7.39. The van der Waals surface area contributed by atoms with Gasteiger partial charge in [0.05, 0.1) is 6.04 Å². The lowest BCUT2D eigenvalue weighted by Crippen LogP contribution is -2.44. The minimum absolute atomic E-state index is 0. The molecule has 1 unspecified atom stereocenters. The van der Waals surface area contributed by atoms with Crippen LogP contribution in [-0.2, 0) is 9.47 Å². The molecule has 0 spiro atoms. The number of guanidine groups is 1. The third-order valence-electron chi connectivity index (χ3n) is 3.80. The quantitative estimate of drug-likeness (QED) is 0.189. The van der Waals surface area contributed by atoms with Crippen LogP contribution >= 0.6 is 24.0 Å². The Morgan fingerprint density at radius 2 is 1.83 bits per heavy atom. The highest BCUT2D eigenvalue weighted by Gasteiger charge is 2.20. The number of benzene rings is 1. The van der Waals surface area contributed by atoms with Gasteiger partial charge in [0, 0.05) is 33.4 Å². The first kappa shape index (κ1) is 27.5. The Hall–Kier alpha value is -1.55. The molecule has 0 aliphatic rings. The van der Waals surface area contributed by atoms with Crippen LogP contribution < -0.4 is 16.0 Å². The zero-order valence-corrected chi connectivity index (χ0v) is 20.6. The average molecular weight is 520 g/mol. The third kappa shape index (κ3) is 13.3. The number of nitrogens with zero attached hydrogens (tertiary/aromatic N) is 1. The molecule has 1 aromatic carbocycles. The maximum absolute atomic E-state index is 12.2. The Morgan fingerprint density at radius 3 is 2.41 bits per heavy atom. The zero-order valence-electron chi connectivity index (χ0n) is 18.3. The molecule has 8 heteroatoms. The fourth-order valence-electron chi connectivity index (χ4n) is 2.49. The van der Waals surface area contributed by atoms with Crippen LogP contribution in [0.15, 0.2) is 35.3 Å². The predicted octanol–water partition coefficient (Wildman–Crippen LogP) is 3.85. The first-order chi connectivity index (χ1) is 13.4. The molecule has 0 heterocycles. The SMILES string of the molecule is CCOCCCCNC(=NC)NCC(NC(=O)OC(C)(C)C)c1ccccc1.I. The molecule has 0 aliphatic heterocycles. The van der Waals surface area contributed by atoms with Gasteiger partial charge < -0.3 is 25.4 Å². The van der Waals surface area contributed by atoms with Crippen LogP contribution in [0.2, 0.25) is 0 Å². The summed E-state index contributed by atoms with van der Waals surface area (Å²) in [6.45, 7) is 10.4. The number of rotatable bonds is 10. The number of amides is 1. The molecule has 0 aliphatic carbocycles. The van der Waals surface area contributed by atoms with Gasteiger partial charge in [0.2, 0.25) is 0 Å². The standard InChI is InChI=1S/C21H36N4O3.HI/c1-6-27-15-11-10-14-23-19(22-5)24-16-18(17-12-8-7-9-13-17)25-20(26)28-21(2,3)4;/h7-9,12-13,18H,6,10-11,14-16H2,1-5H3,(H,25,26)(H2,22,23,24);1H. The number of hydrogen-bond acceptors (Lipinski definition) is 4. The molecule has 1 amide bonds. The Bertz CT molecular complexity index is 591. The molecule has 1 aromatic rings. The van der Waals surface area contributed by atoms with E-state index in [2.05, 4.69) is 20.9 Å². The summed E-state index contributed by atoms with van der Waals surface area (Å²) in [5.41, 5.74) is 0.450. The van der Waals surface area contributed by atoms with Crippen LogP contribution in [0.3, 0.4) is 0 Å². The number of ether oxygens (including phenoxy) is 2. The van der Waals surface area contributed by atoms with Crippen molar-refractivity contribution in [1.82, 2.24) is 16.0 Å². The molecule has 166 valence electrons. The summed E-state index contributed by atoms with van der Waals surface area (Å²) in [4.78, 5) is 16.5. The predicted molar refractivity (Wildman–Crippen MR) is 129 cm³/mol. The van der Waals surface area contributed by atoms with Crippen LogP contribution in [-0.4, -0.2) is 51.0 Å². The Morgan fingerprint density at radius 1 is 1.14 bits per heavy atom. The molecular weight excluding hydrogens is 483 g/mol. The number of carbonyl (C=O) groups is 1. The first-order valence-electron chi connectivity index (χ1n) is 9.92. The summed E-state index contributed by atoms with van der Waals surface area (Å²) in [5, 5.41) is 9.50. The number of halogens is 1. The lowest BCUT2D eigenvalue weighted by molar-refractivity contribution is 0.0504. The van der Waals surface area contributed by atoms with E-state index in [0.29, 0.717) is 12.5 Å². The van der Waals surface area contributed by atoms with E-state index in [1.54, 1.807) is 7.05 Å². The van der Waals surface area contributed by atoms with Crippen LogP contribution in [0.25, 0.3) is 0 Å². The number of alkyl carbamates (subject to hydrolysis) is 1. The second kappa shape index (κ2) is 15.3. The van der Waals surface area contributed by atoms with E-state index >= 15 is 0 Å². The minimum Gasteiger partial charge on any atom is -0.444 e. The van der Waals surface area contributed by atoms with Gasteiger partial charge in [-0.3, -0.25) is 4.99 Å². The average Bonchev–Trinajstić information content (AvgIpc) is 2.65. The fraction of sp³-hybridized carbons (Fsp3) is 0.619. The van der Waals surface area contributed by atoms with E-state index in [0.717, 1.165) is 38.2 Å². The van der Waals surface area contributed by atoms with Crippen LogP contribution in [0, 0.1) is 0 Å². The van der Waals surface area contributed by atoms with Crippen molar-refractivity contribution in [3.05, 3.63) is 35.9 Å². The summed E-state index contributed by atoms with van der Waals surface area (Å²) in [5.74, 6) is 0.698. The van der Waals surface area contributed by atoms with Gasteiger partial charge >= 0.3 is 6.09 Å². The minimum atomic E-state index is -0.544. The lowest BCUT2D eigenvalue weighted by Gasteiger charge is -2.24. The molecule has 29 heavy (non-hydrogen) atoms. The zero-order chi connectivity index (χ0) is 20.8. The summed E-state index contributed by atoms with van der Waals surface area (Å²) < 4.78 is 10.7. The number of carbonyl (C=O) groups excluding carboxylic acids is 1. The fourth-order valence-corrected chi connectivity index (χ4v) is 2.49. The third-order valence-corrected chi connectivity index (χ3v) is 3.80. The highest BCUT2D eigenvalue weighted by Crippen LogP contribution is 2.14. The summed E-state index contributed by atoms with van der Waals surface area (Å²) in [6.07, 6.45) is 1.56. The highest BCUT2D eigenvalue weighted by atomic mass is 127. The molecule has 1 atom stereocenters. The van der Waals surface area contributed by atoms with Crippen LogP contribution in [0.5, 0.6) is 0 Å². The van der Waals surface area contributed by atoms with Gasteiger partial charge in [-0.1, -0.05) is 30.3 Å². The summed E-state index contributed by atoms with van der Waals surface area (Å²) in [7, 11) is 1.73. The molecule has 3 N–H and O–H groups in total. The Kier molecular flexibility index (Phi) is 14.5. The molecular formula is C21H37IN4O3. The van der Waals surface area contributed by atoms with Crippen molar-refractivity contribution >= 4 is 36.0 Å². The van der Waals surface area contributed by atoms with Crippen molar-refractivity contribution in [2.24, 2.45) is 4.99 Å². The van der Waals surface area contributed by atoms with Gasteiger partial charge in [0.1, 0.15) is 5.60 Å². The number of nitrogens with one attached hydrogen (secondary N) is 3. The van der Waals surface area contributed by atoms with Crippen molar-refractivity contribution in [3.8, 4) is 0 Å². The van der Waals surface area contributed by atoms with Crippen molar-refractivity contribution in [3.63, 3.8) is 0 Å². The normalized spacial score (nSPS) is 12.5. The summed E-state index contributed by atoms with van der Waals surface area (Å²) in [6, 6.07) is 9.56. The second-order valence-corrected chi connectivity index (χ2v) is 7.39. The van der Waals surface area contributed by atoms with Gasteiger partial charge in [-0.2, -0.15) is 0 Å². The monoisotopic (exact) mass is 520 g/mol. The first-order valence-corrected chi connectivity index (χ1v) is 9.92. The van der Waals surface area contributed by atoms with E-state index in [4.69, 9.17) is 9.47 Å². The van der Waals surface area contributed by atoms with Gasteiger partial charge in [0.25, 0.3) is 0 Å². The number of hydrogen-bond donors (Lipinski definition) is 3. The lowest BCUT2D eigenvalue weighted by atomic mass is 10.1. The molecule has 0 saturated heterocycles. The maximum atomic E-state index is 12.2. The van der Waals surface area contributed by atoms with E-state index in [1.807, 2.05) is 58.0 Å². The molecule has 0 bridgehead atoms. The molecule has 1 rings (SSSR count). The Labute approximate surface area is 192 Å². The van der Waals surface area contributed by atoms with Gasteiger partial charge in [-0.15, -0.1) is 24.0 Å². The van der Waals surface area contributed by atoms with Crippen molar-refractivity contribution < 1.29 is 14.3 Å². The maximum Gasteiger partial charge on any atom is 0.408 e. The van der Waals surface area contributed by atoms with Crippen LogP contribution in [0.1, 0.15) is 52.1 Å². The highest BCUT2D eigenvalue weighted by molar-refractivity contribution is 14.0. The summed E-state index contributed by atoms with van der Waals surface area (Å²) >= 11 is 0. The van der Waals surface area contributed by atoms with Gasteiger partial charge in [0.15, 0.2) is 5.96 Å². The topological polar surface area (TPSA) is 84.0 Å². The molecule has 0 aromatic heterocycles. The van der Waals surface area contributed by atoms with Crippen LogP contribution in [0.4, 0.5) is 4.79 Å². The van der Waals surface area contributed by atoms with Crippen molar-refractivity contribution in [2.45, 2.75) is 52.2 Å². The van der Waals surface area contributed by atoms with Crippen molar-refractivity contribution in [2.75, 3.05) is 33.4 Å². The molecule has 0 saturated carbocycles. The number of unbranched alkanes of at least 4 members (excludes halogenated alkanes) is 1. The van der Waals surface area contributed by atoms with Gasteiger partial charge in [-0.25, -0.2) is 4.79 Å². The Balaban J connectivity index is 0.00000784.